The quantitative estimate of drug-likeness (QED) is 0.213. The molecule has 3 aromatic carbocycles. The zero-order valence-corrected chi connectivity index (χ0v) is 19.9. The average molecular weight is 485 g/mol. The standard InChI is InChI=1S/C26H28N8O2/c1-36-22-9-5-2-6-18(22)14-15-29-25-32-24(28)33-26(34-25)30-16-17-10-12-19(13-11-17)23(35)31-21-8-4-3-7-20(21)27/h2-13H,14-16,27H2,1H3,(H,31,35)(H4,28,29,30,32,33,34). The number of nitrogen functional groups attached to an aromatic ring is 2. The average Bonchev–Trinajstić information content (AvgIpc) is 2.89. The van der Waals surface area contributed by atoms with Crippen molar-refractivity contribution in [1.82, 2.24) is 15.0 Å². The van der Waals surface area contributed by atoms with Crippen LogP contribution in [0.15, 0.2) is 72.8 Å². The summed E-state index contributed by atoms with van der Waals surface area (Å²) in [6, 6.07) is 22.2. The van der Waals surface area contributed by atoms with E-state index in [1.165, 1.54) is 0 Å². The SMILES string of the molecule is COc1ccccc1CCNc1nc(N)nc(NCc2ccc(C(=O)Nc3ccccc3N)cc2)n1. The van der Waals surface area contributed by atoms with Crippen LogP contribution in [0.25, 0.3) is 0 Å². The molecule has 0 fully saturated rings. The van der Waals surface area contributed by atoms with Gasteiger partial charge in [0, 0.05) is 18.7 Å². The Morgan fingerprint density at radius 1 is 0.861 bits per heavy atom. The first kappa shape index (κ1) is 24.3. The number of aromatic nitrogens is 3. The van der Waals surface area contributed by atoms with Crippen molar-refractivity contribution in [1.29, 1.82) is 0 Å². The van der Waals surface area contributed by atoms with Crippen LogP contribution in [0, 0.1) is 0 Å². The molecule has 0 unspecified atom stereocenters. The largest absolute Gasteiger partial charge is 0.496 e. The number of benzene rings is 3. The number of amides is 1. The molecule has 10 nitrogen and oxygen atoms in total. The first-order chi connectivity index (χ1) is 17.5. The van der Waals surface area contributed by atoms with Crippen LogP contribution in [0.5, 0.6) is 5.75 Å². The van der Waals surface area contributed by atoms with Crippen LogP contribution in [-0.4, -0.2) is 34.5 Å². The topological polar surface area (TPSA) is 153 Å². The lowest BCUT2D eigenvalue weighted by atomic mass is 10.1. The summed E-state index contributed by atoms with van der Waals surface area (Å²) in [5.74, 6) is 1.45. The number of hydrogen-bond donors (Lipinski definition) is 5. The van der Waals surface area contributed by atoms with E-state index in [0.29, 0.717) is 41.9 Å². The molecule has 0 aliphatic carbocycles. The van der Waals surface area contributed by atoms with Crippen molar-refractivity contribution < 1.29 is 9.53 Å². The molecule has 0 bridgehead atoms. The number of carbonyl (C=O) groups excluding carboxylic acids is 1. The Morgan fingerprint density at radius 3 is 2.31 bits per heavy atom. The Morgan fingerprint density at radius 2 is 1.56 bits per heavy atom. The maximum atomic E-state index is 12.5. The molecule has 1 heterocycles. The highest BCUT2D eigenvalue weighted by Gasteiger charge is 2.09. The van der Waals surface area contributed by atoms with Gasteiger partial charge in [0.05, 0.1) is 18.5 Å². The van der Waals surface area contributed by atoms with Crippen molar-refractivity contribution in [2.24, 2.45) is 0 Å². The predicted molar refractivity (Wildman–Crippen MR) is 142 cm³/mol. The van der Waals surface area contributed by atoms with Crippen LogP contribution in [0.2, 0.25) is 0 Å². The smallest absolute Gasteiger partial charge is 0.255 e. The minimum Gasteiger partial charge on any atom is -0.496 e. The zero-order valence-electron chi connectivity index (χ0n) is 19.9. The van der Waals surface area contributed by atoms with Gasteiger partial charge in [-0.15, -0.1) is 0 Å². The van der Waals surface area contributed by atoms with Gasteiger partial charge in [0.2, 0.25) is 17.8 Å². The second kappa shape index (κ2) is 11.5. The number of para-hydroxylation sites is 3. The lowest BCUT2D eigenvalue weighted by molar-refractivity contribution is 0.102. The van der Waals surface area contributed by atoms with E-state index in [4.69, 9.17) is 16.2 Å². The fourth-order valence-corrected chi connectivity index (χ4v) is 3.53. The second-order valence-corrected chi connectivity index (χ2v) is 7.92. The molecule has 4 rings (SSSR count). The van der Waals surface area contributed by atoms with Crippen LogP contribution in [0.3, 0.4) is 0 Å². The normalized spacial score (nSPS) is 10.5. The van der Waals surface area contributed by atoms with Crippen molar-refractivity contribution >= 4 is 35.1 Å². The van der Waals surface area contributed by atoms with Gasteiger partial charge in [-0.05, 0) is 47.9 Å². The highest BCUT2D eigenvalue weighted by atomic mass is 16.5. The first-order valence-corrected chi connectivity index (χ1v) is 11.4. The van der Waals surface area contributed by atoms with Gasteiger partial charge in [0.25, 0.3) is 5.91 Å². The third-order valence-electron chi connectivity index (χ3n) is 5.40. The summed E-state index contributed by atoms with van der Waals surface area (Å²) in [4.78, 5) is 25.2. The number of hydrogen-bond acceptors (Lipinski definition) is 9. The molecular weight excluding hydrogens is 456 g/mol. The van der Waals surface area contributed by atoms with Crippen LogP contribution in [0.1, 0.15) is 21.5 Å². The van der Waals surface area contributed by atoms with Crippen LogP contribution >= 0.6 is 0 Å². The van der Waals surface area contributed by atoms with Gasteiger partial charge in [0.1, 0.15) is 5.75 Å². The van der Waals surface area contributed by atoms with Gasteiger partial charge in [-0.25, -0.2) is 0 Å². The number of nitrogens with one attached hydrogen (secondary N) is 3. The third-order valence-corrected chi connectivity index (χ3v) is 5.40. The number of carbonyl (C=O) groups is 1. The highest BCUT2D eigenvalue weighted by molar-refractivity contribution is 6.05. The van der Waals surface area contributed by atoms with E-state index < -0.39 is 0 Å². The number of methoxy groups -OCH3 is 1. The van der Waals surface area contributed by atoms with E-state index in [1.807, 2.05) is 48.5 Å². The molecule has 0 atom stereocenters. The summed E-state index contributed by atoms with van der Waals surface area (Å²) in [6.45, 7) is 1.04. The molecule has 4 aromatic rings. The number of anilines is 5. The van der Waals surface area contributed by atoms with Gasteiger partial charge >= 0.3 is 0 Å². The molecule has 1 aromatic heterocycles. The third kappa shape index (κ3) is 6.38. The lowest BCUT2D eigenvalue weighted by Gasteiger charge is -2.11. The molecule has 0 spiro atoms. The molecule has 0 aliphatic heterocycles. The molecule has 0 aliphatic rings. The number of rotatable bonds is 10. The monoisotopic (exact) mass is 484 g/mol. The maximum Gasteiger partial charge on any atom is 0.255 e. The van der Waals surface area contributed by atoms with Crippen molar-refractivity contribution in [3.05, 3.63) is 89.5 Å². The van der Waals surface area contributed by atoms with Gasteiger partial charge in [-0.1, -0.05) is 42.5 Å². The molecule has 36 heavy (non-hydrogen) atoms. The van der Waals surface area contributed by atoms with E-state index in [2.05, 4.69) is 30.9 Å². The molecule has 0 saturated heterocycles. The summed E-state index contributed by atoms with van der Waals surface area (Å²) in [5.41, 5.74) is 15.4. The number of nitrogens with two attached hydrogens (primary N) is 2. The minimum atomic E-state index is -0.235. The number of nitrogens with zero attached hydrogens (tertiary/aromatic N) is 3. The molecule has 184 valence electrons. The minimum absolute atomic E-state index is 0.111. The Labute approximate surface area is 209 Å². The van der Waals surface area contributed by atoms with Crippen molar-refractivity contribution in [3.8, 4) is 5.75 Å². The molecular formula is C26H28N8O2. The molecule has 1 amide bonds. The van der Waals surface area contributed by atoms with Crippen LogP contribution in [-0.2, 0) is 13.0 Å². The summed E-state index contributed by atoms with van der Waals surface area (Å²) in [6.07, 6.45) is 0.731. The maximum absolute atomic E-state index is 12.5. The Kier molecular flexibility index (Phi) is 7.76. The van der Waals surface area contributed by atoms with Crippen molar-refractivity contribution in [2.45, 2.75) is 13.0 Å². The van der Waals surface area contributed by atoms with Crippen molar-refractivity contribution in [2.75, 3.05) is 41.1 Å². The Hall–Kier alpha value is -4.86. The summed E-state index contributed by atoms with van der Waals surface area (Å²) >= 11 is 0. The Bertz CT molecular complexity index is 1330. The summed E-state index contributed by atoms with van der Waals surface area (Å²) in [7, 11) is 1.65. The van der Waals surface area contributed by atoms with E-state index in [-0.39, 0.29) is 11.9 Å². The van der Waals surface area contributed by atoms with Gasteiger partial charge in [-0.3, -0.25) is 4.79 Å². The summed E-state index contributed by atoms with van der Waals surface area (Å²) < 4.78 is 5.39. The second-order valence-electron chi connectivity index (χ2n) is 7.92. The van der Waals surface area contributed by atoms with Gasteiger partial charge in [0.15, 0.2) is 0 Å². The summed E-state index contributed by atoms with van der Waals surface area (Å²) in [5, 5.41) is 9.14. The molecule has 7 N–H and O–H groups in total. The molecule has 0 radical (unpaired) electrons. The van der Waals surface area contributed by atoms with Gasteiger partial charge in [-0.2, -0.15) is 15.0 Å². The van der Waals surface area contributed by atoms with Crippen molar-refractivity contribution in [3.63, 3.8) is 0 Å². The fraction of sp³-hybridized carbons (Fsp3) is 0.154. The van der Waals surface area contributed by atoms with E-state index in [1.54, 1.807) is 31.4 Å². The highest BCUT2D eigenvalue weighted by Crippen LogP contribution is 2.19. The van der Waals surface area contributed by atoms with Crippen LogP contribution in [0.4, 0.5) is 29.2 Å². The molecule has 0 saturated carbocycles. The van der Waals surface area contributed by atoms with Gasteiger partial charge < -0.3 is 32.2 Å². The zero-order chi connectivity index (χ0) is 25.3. The first-order valence-electron chi connectivity index (χ1n) is 11.4. The lowest BCUT2D eigenvalue weighted by Crippen LogP contribution is -2.14. The van der Waals surface area contributed by atoms with E-state index in [9.17, 15) is 4.79 Å². The van der Waals surface area contributed by atoms with E-state index >= 15 is 0 Å². The van der Waals surface area contributed by atoms with E-state index in [0.717, 1.165) is 23.3 Å². The molecule has 10 heteroatoms. The fourth-order valence-electron chi connectivity index (χ4n) is 3.53. The Balaban J connectivity index is 1.32. The predicted octanol–water partition coefficient (Wildman–Crippen LogP) is 3.56. The number of ether oxygens (including phenoxy) is 1. The van der Waals surface area contributed by atoms with Crippen LogP contribution < -0.4 is 32.2 Å².